The molecule has 0 saturated carbocycles. The number of carbonyl (C=O) groups is 1. The smallest absolute Gasteiger partial charge is 0.240 e. The van der Waals surface area contributed by atoms with Crippen molar-refractivity contribution in [1.82, 2.24) is 10.6 Å². The number of benzene rings is 1. The maximum absolute atomic E-state index is 12.1. The third-order valence-electron chi connectivity index (χ3n) is 3.16. The number of rotatable bonds is 5. The fraction of sp³-hybridized carbons (Fsp3) is 0.500. The SMILES string of the molecule is CCC(NC(=O)C(C)(C)NC)c1cccc(Cl)c1. The largest absolute Gasteiger partial charge is 0.348 e. The molecule has 0 aromatic heterocycles. The topological polar surface area (TPSA) is 41.1 Å². The number of nitrogens with one attached hydrogen (secondary N) is 2. The zero-order valence-corrected chi connectivity index (χ0v) is 12.1. The van der Waals surface area contributed by atoms with E-state index < -0.39 is 5.54 Å². The zero-order valence-electron chi connectivity index (χ0n) is 11.4. The first-order chi connectivity index (χ1) is 8.40. The summed E-state index contributed by atoms with van der Waals surface area (Å²) in [5, 5.41) is 6.72. The Labute approximate surface area is 114 Å². The quantitative estimate of drug-likeness (QED) is 0.862. The molecule has 0 aliphatic rings. The van der Waals surface area contributed by atoms with Gasteiger partial charge < -0.3 is 10.6 Å². The van der Waals surface area contributed by atoms with Gasteiger partial charge in [0.1, 0.15) is 0 Å². The van der Waals surface area contributed by atoms with Gasteiger partial charge in [-0.05, 0) is 45.0 Å². The van der Waals surface area contributed by atoms with Crippen molar-refractivity contribution in [3.63, 3.8) is 0 Å². The van der Waals surface area contributed by atoms with Crippen molar-refractivity contribution in [3.05, 3.63) is 34.9 Å². The van der Waals surface area contributed by atoms with Crippen molar-refractivity contribution in [1.29, 1.82) is 0 Å². The Bertz CT molecular complexity index is 418. The molecule has 0 heterocycles. The molecule has 0 spiro atoms. The van der Waals surface area contributed by atoms with Crippen LogP contribution in [0.2, 0.25) is 5.02 Å². The van der Waals surface area contributed by atoms with Crippen molar-refractivity contribution < 1.29 is 4.79 Å². The average Bonchev–Trinajstić information content (AvgIpc) is 2.35. The normalized spacial score (nSPS) is 13.2. The maximum atomic E-state index is 12.1. The number of carbonyl (C=O) groups excluding carboxylic acids is 1. The highest BCUT2D eigenvalue weighted by molar-refractivity contribution is 6.30. The Balaban J connectivity index is 2.83. The van der Waals surface area contributed by atoms with E-state index in [1.807, 2.05) is 45.0 Å². The van der Waals surface area contributed by atoms with Crippen LogP contribution in [0.15, 0.2) is 24.3 Å². The van der Waals surface area contributed by atoms with Crippen LogP contribution in [-0.4, -0.2) is 18.5 Å². The minimum Gasteiger partial charge on any atom is -0.348 e. The molecule has 0 radical (unpaired) electrons. The zero-order chi connectivity index (χ0) is 13.8. The van der Waals surface area contributed by atoms with Crippen molar-refractivity contribution >= 4 is 17.5 Å². The number of likely N-dealkylation sites (N-methyl/N-ethyl adjacent to an activating group) is 1. The lowest BCUT2D eigenvalue weighted by atomic mass is 10.0. The molecule has 1 amide bonds. The molecule has 18 heavy (non-hydrogen) atoms. The summed E-state index contributed by atoms with van der Waals surface area (Å²) in [7, 11) is 1.78. The van der Waals surface area contributed by atoms with Gasteiger partial charge in [-0.3, -0.25) is 4.79 Å². The van der Waals surface area contributed by atoms with Gasteiger partial charge in [0.05, 0.1) is 11.6 Å². The number of amides is 1. The van der Waals surface area contributed by atoms with Crippen molar-refractivity contribution in [2.45, 2.75) is 38.8 Å². The van der Waals surface area contributed by atoms with Crippen molar-refractivity contribution in [3.8, 4) is 0 Å². The number of halogens is 1. The summed E-state index contributed by atoms with van der Waals surface area (Å²) in [4.78, 5) is 12.1. The van der Waals surface area contributed by atoms with Gasteiger partial charge in [-0.2, -0.15) is 0 Å². The van der Waals surface area contributed by atoms with Crippen LogP contribution in [0.25, 0.3) is 0 Å². The fourth-order valence-corrected chi connectivity index (χ4v) is 1.80. The van der Waals surface area contributed by atoms with Crippen LogP contribution >= 0.6 is 11.6 Å². The molecule has 4 heteroatoms. The number of hydrogen-bond donors (Lipinski definition) is 2. The molecular formula is C14H21ClN2O. The predicted octanol–water partition coefficient (Wildman–Crippen LogP) is 2.91. The second-order valence-electron chi connectivity index (χ2n) is 4.86. The van der Waals surface area contributed by atoms with Crippen LogP contribution < -0.4 is 10.6 Å². The molecule has 1 aromatic carbocycles. The van der Waals surface area contributed by atoms with Crippen molar-refractivity contribution in [2.24, 2.45) is 0 Å². The molecular weight excluding hydrogens is 248 g/mol. The Morgan fingerprint density at radius 1 is 1.44 bits per heavy atom. The molecule has 0 aliphatic heterocycles. The van der Waals surface area contributed by atoms with Gasteiger partial charge in [0.25, 0.3) is 0 Å². The molecule has 1 unspecified atom stereocenters. The molecule has 0 bridgehead atoms. The van der Waals surface area contributed by atoms with Gasteiger partial charge in [0.15, 0.2) is 0 Å². The van der Waals surface area contributed by atoms with Gasteiger partial charge in [0.2, 0.25) is 5.91 Å². The second-order valence-corrected chi connectivity index (χ2v) is 5.30. The number of hydrogen-bond acceptors (Lipinski definition) is 2. The summed E-state index contributed by atoms with van der Waals surface area (Å²) in [6.45, 7) is 5.75. The highest BCUT2D eigenvalue weighted by Crippen LogP contribution is 2.21. The Kier molecular flexibility index (Phi) is 5.17. The van der Waals surface area contributed by atoms with E-state index in [9.17, 15) is 4.79 Å². The molecule has 0 fully saturated rings. The van der Waals surface area contributed by atoms with Crippen molar-refractivity contribution in [2.75, 3.05) is 7.05 Å². The summed E-state index contributed by atoms with van der Waals surface area (Å²) in [6, 6.07) is 7.59. The summed E-state index contributed by atoms with van der Waals surface area (Å²) >= 11 is 5.97. The third kappa shape index (κ3) is 3.72. The first-order valence-corrected chi connectivity index (χ1v) is 6.54. The van der Waals surface area contributed by atoms with Gasteiger partial charge in [-0.25, -0.2) is 0 Å². The second kappa shape index (κ2) is 6.21. The van der Waals surface area contributed by atoms with E-state index in [2.05, 4.69) is 10.6 Å². The van der Waals surface area contributed by atoms with Gasteiger partial charge >= 0.3 is 0 Å². The Morgan fingerprint density at radius 3 is 2.61 bits per heavy atom. The minimum absolute atomic E-state index is 0.0103. The van der Waals surface area contributed by atoms with E-state index in [4.69, 9.17) is 11.6 Å². The molecule has 0 aliphatic carbocycles. The van der Waals surface area contributed by atoms with E-state index in [-0.39, 0.29) is 11.9 Å². The molecule has 1 atom stereocenters. The van der Waals surface area contributed by atoms with Crippen LogP contribution in [0, 0.1) is 0 Å². The Morgan fingerprint density at radius 2 is 2.11 bits per heavy atom. The highest BCUT2D eigenvalue weighted by atomic mass is 35.5. The fourth-order valence-electron chi connectivity index (χ4n) is 1.60. The lowest BCUT2D eigenvalue weighted by Gasteiger charge is -2.26. The van der Waals surface area contributed by atoms with Gasteiger partial charge in [0, 0.05) is 5.02 Å². The molecule has 3 nitrogen and oxygen atoms in total. The van der Waals surface area contributed by atoms with E-state index in [1.165, 1.54) is 0 Å². The molecule has 100 valence electrons. The minimum atomic E-state index is -0.577. The van der Waals surface area contributed by atoms with E-state index in [0.29, 0.717) is 5.02 Å². The molecule has 1 rings (SSSR count). The molecule has 2 N–H and O–H groups in total. The highest BCUT2D eigenvalue weighted by Gasteiger charge is 2.27. The summed E-state index contributed by atoms with van der Waals surface area (Å²) < 4.78 is 0. The monoisotopic (exact) mass is 268 g/mol. The standard InChI is InChI=1S/C14H21ClN2O/c1-5-12(10-7-6-8-11(15)9-10)17-13(18)14(2,3)16-4/h6-9,12,16H,5H2,1-4H3,(H,17,18). The lowest BCUT2D eigenvalue weighted by molar-refractivity contribution is -0.127. The molecule has 1 aromatic rings. The lowest BCUT2D eigenvalue weighted by Crippen LogP contribution is -2.51. The van der Waals surface area contributed by atoms with Gasteiger partial charge in [-0.15, -0.1) is 0 Å². The first kappa shape index (κ1) is 15.0. The van der Waals surface area contributed by atoms with Crippen LogP contribution in [0.4, 0.5) is 0 Å². The van der Waals surface area contributed by atoms with Gasteiger partial charge in [-0.1, -0.05) is 30.7 Å². The predicted molar refractivity (Wildman–Crippen MR) is 75.8 cm³/mol. The van der Waals surface area contributed by atoms with Crippen LogP contribution in [0.3, 0.4) is 0 Å². The first-order valence-electron chi connectivity index (χ1n) is 6.16. The average molecular weight is 269 g/mol. The Hall–Kier alpha value is -1.06. The third-order valence-corrected chi connectivity index (χ3v) is 3.39. The van der Waals surface area contributed by atoms with Crippen LogP contribution in [-0.2, 0) is 4.79 Å². The van der Waals surface area contributed by atoms with Crippen LogP contribution in [0.5, 0.6) is 0 Å². The van der Waals surface area contributed by atoms with Crippen LogP contribution in [0.1, 0.15) is 38.8 Å². The van der Waals surface area contributed by atoms with E-state index >= 15 is 0 Å². The summed E-state index contributed by atoms with van der Waals surface area (Å²) in [5.41, 5.74) is 0.455. The maximum Gasteiger partial charge on any atom is 0.240 e. The van der Waals surface area contributed by atoms with E-state index in [0.717, 1.165) is 12.0 Å². The molecule has 0 saturated heterocycles. The summed E-state index contributed by atoms with van der Waals surface area (Å²) in [6.07, 6.45) is 0.825. The van der Waals surface area contributed by atoms with E-state index in [1.54, 1.807) is 7.05 Å². The summed E-state index contributed by atoms with van der Waals surface area (Å²) in [5.74, 6) is -0.0168.